The fourth-order valence-electron chi connectivity index (χ4n) is 4.37. The summed E-state index contributed by atoms with van der Waals surface area (Å²) in [7, 11) is 0. The van der Waals surface area contributed by atoms with Crippen LogP contribution >= 0.6 is 0 Å². The number of aromatic nitrogens is 1. The molecule has 1 aromatic heterocycles. The third kappa shape index (κ3) is 5.02. The lowest BCUT2D eigenvalue weighted by molar-refractivity contribution is -0.384. The lowest BCUT2D eigenvalue weighted by Crippen LogP contribution is -2.00. The predicted molar refractivity (Wildman–Crippen MR) is 148 cm³/mol. The zero-order valence-corrected chi connectivity index (χ0v) is 20.2. The van der Waals surface area contributed by atoms with E-state index in [2.05, 4.69) is 66.1 Å². The van der Waals surface area contributed by atoms with Crippen LogP contribution in [-0.2, 0) is 0 Å². The van der Waals surface area contributed by atoms with E-state index in [1.165, 1.54) is 29.8 Å². The van der Waals surface area contributed by atoms with Crippen molar-refractivity contribution in [3.63, 3.8) is 0 Å². The summed E-state index contributed by atoms with van der Waals surface area (Å²) < 4.78 is 2.21. The molecule has 5 nitrogen and oxygen atoms in total. The summed E-state index contributed by atoms with van der Waals surface area (Å²) in [5, 5.41) is 11.2. The highest BCUT2D eigenvalue weighted by atomic mass is 16.6. The second-order valence-electron chi connectivity index (χ2n) is 8.74. The Morgan fingerprint density at radius 3 is 2.08 bits per heavy atom. The van der Waals surface area contributed by atoms with Gasteiger partial charge in [0.1, 0.15) is 0 Å². The molecule has 37 heavy (non-hydrogen) atoms. The maximum absolute atomic E-state index is 13.0. The molecule has 0 saturated heterocycles. The lowest BCUT2D eigenvalue weighted by Gasteiger charge is -2.15. The van der Waals surface area contributed by atoms with E-state index in [0.29, 0.717) is 0 Å². The van der Waals surface area contributed by atoms with Crippen molar-refractivity contribution in [1.29, 1.82) is 0 Å². The molecule has 0 radical (unpaired) electrons. The van der Waals surface area contributed by atoms with Gasteiger partial charge in [-0.05, 0) is 48.4 Å². The van der Waals surface area contributed by atoms with E-state index < -0.39 is 4.92 Å². The Morgan fingerprint density at radius 1 is 0.784 bits per heavy atom. The number of benzene rings is 4. The Morgan fingerprint density at radius 2 is 1.43 bits per heavy atom. The van der Waals surface area contributed by atoms with Crippen molar-refractivity contribution in [3.05, 3.63) is 148 Å². The standard InChI is InChI=1S/C32H24N2O3/c1-23-15-18-28(19-16-23)33-30(24-9-4-2-5-10-24)22-27(32(33)25-11-6-3-7-12-25)17-20-31(35)26-13-8-14-29(21-26)34(36)37/h2-22H,1H3/b20-17+. The van der Waals surface area contributed by atoms with Gasteiger partial charge < -0.3 is 4.57 Å². The fourth-order valence-corrected chi connectivity index (χ4v) is 4.37. The van der Waals surface area contributed by atoms with Gasteiger partial charge in [-0.3, -0.25) is 14.9 Å². The number of carbonyl (C=O) groups excluding carboxylic acids is 1. The molecule has 0 spiro atoms. The molecular formula is C32H24N2O3. The number of ketones is 1. The molecule has 4 aromatic carbocycles. The van der Waals surface area contributed by atoms with Crippen LogP contribution in [0.2, 0.25) is 0 Å². The van der Waals surface area contributed by atoms with Crippen LogP contribution in [-0.4, -0.2) is 15.3 Å². The van der Waals surface area contributed by atoms with Gasteiger partial charge in [0.25, 0.3) is 5.69 Å². The van der Waals surface area contributed by atoms with Crippen LogP contribution in [0.1, 0.15) is 21.5 Å². The normalized spacial score (nSPS) is 11.1. The molecule has 0 aliphatic rings. The first-order chi connectivity index (χ1) is 18.0. The number of nitrogens with zero attached hydrogens (tertiary/aromatic N) is 2. The molecule has 0 bridgehead atoms. The van der Waals surface area contributed by atoms with Crippen molar-refractivity contribution in [1.82, 2.24) is 4.57 Å². The number of aryl methyl sites for hydroxylation is 1. The Balaban J connectivity index is 1.69. The number of allylic oxidation sites excluding steroid dienone is 1. The maximum Gasteiger partial charge on any atom is 0.270 e. The summed E-state index contributed by atoms with van der Waals surface area (Å²) in [6.45, 7) is 2.06. The van der Waals surface area contributed by atoms with Crippen molar-refractivity contribution in [2.24, 2.45) is 0 Å². The molecular weight excluding hydrogens is 460 g/mol. The number of nitro benzene ring substituents is 1. The summed E-state index contributed by atoms with van der Waals surface area (Å²) in [5.41, 5.74) is 7.20. The van der Waals surface area contributed by atoms with Crippen LogP contribution in [0, 0.1) is 17.0 Å². The van der Waals surface area contributed by atoms with Crippen molar-refractivity contribution in [2.75, 3.05) is 0 Å². The second kappa shape index (κ2) is 10.3. The molecule has 0 amide bonds. The van der Waals surface area contributed by atoms with Crippen molar-refractivity contribution in [2.45, 2.75) is 6.92 Å². The number of hydrogen-bond acceptors (Lipinski definition) is 3. The van der Waals surface area contributed by atoms with Gasteiger partial charge >= 0.3 is 0 Å². The van der Waals surface area contributed by atoms with Crippen molar-refractivity contribution in [3.8, 4) is 28.2 Å². The average molecular weight is 485 g/mol. The summed E-state index contributed by atoms with van der Waals surface area (Å²) >= 11 is 0. The molecule has 0 aliphatic carbocycles. The first-order valence-electron chi connectivity index (χ1n) is 11.9. The number of non-ortho nitro benzene ring substituents is 1. The summed E-state index contributed by atoms with van der Waals surface area (Å²) in [4.78, 5) is 23.7. The highest BCUT2D eigenvalue weighted by Crippen LogP contribution is 2.37. The number of nitro groups is 1. The van der Waals surface area contributed by atoms with Crippen LogP contribution in [0.3, 0.4) is 0 Å². The fraction of sp³-hybridized carbons (Fsp3) is 0.0312. The van der Waals surface area contributed by atoms with E-state index in [4.69, 9.17) is 0 Å². The Kier molecular flexibility index (Phi) is 6.60. The van der Waals surface area contributed by atoms with Crippen molar-refractivity contribution < 1.29 is 9.72 Å². The van der Waals surface area contributed by atoms with Gasteiger partial charge in [-0.25, -0.2) is 0 Å². The lowest BCUT2D eigenvalue weighted by atomic mass is 10.0. The zero-order valence-electron chi connectivity index (χ0n) is 20.2. The molecule has 0 aliphatic heterocycles. The Bertz CT molecular complexity index is 1600. The monoisotopic (exact) mass is 484 g/mol. The van der Waals surface area contributed by atoms with Gasteiger partial charge in [0.15, 0.2) is 5.78 Å². The molecule has 0 fully saturated rings. The van der Waals surface area contributed by atoms with Crippen molar-refractivity contribution >= 4 is 17.5 Å². The summed E-state index contributed by atoms with van der Waals surface area (Å²) in [6.07, 6.45) is 3.27. The first-order valence-corrected chi connectivity index (χ1v) is 11.9. The number of hydrogen-bond donors (Lipinski definition) is 0. The zero-order chi connectivity index (χ0) is 25.8. The second-order valence-corrected chi connectivity index (χ2v) is 8.74. The van der Waals surface area contributed by atoms with E-state index in [0.717, 1.165) is 33.8 Å². The van der Waals surface area contributed by atoms with Crippen LogP contribution in [0.25, 0.3) is 34.3 Å². The highest BCUT2D eigenvalue weighted by molar-refractivity contribution is 6.07. The molecule has 5 rings (SSSR count). The van der Waals surface area contributed by atoms with E-state index in [-0.39, 0.29) is 17.0 Å². The number of rotatable bonds is 7. The average Bonchev–Trinajstić information content (AvgIpc) is 3.32. The Labute approximate surface area is 215 Å². The van der Waals surface area contributed by atoms with E-state index in [1.807, 2.05) is 36.4 Å². The van der Waals surface area contributed by atoms with Gasteiger partial charge in [0.2, 0.25) is 0 Å². The molecule has 5 aromatic rings. The van der Waals surface area contributed by atoms with Crippen LogP contribution in [0.4, 0.5) is 5.69 Å². The van der Waals surface area contributed by atoms with Gasteiger partial charge in [-0.15, -0.1) is 0 Å². The van der Waals surface area contributed by atoms with Gasteiger partial charge in [-0.2, -0.15) is 0 Å². The summed E-state index contributed by atoms with van der Waals surface area (Å²) in [5.74, 6) is -0.299. The minimum absolute atomic E-state index is 0.110. The smallest absolute Gasteiger partial charge is 0.270 e. The van der Waals surface area contributed by atoms with Gasteiger partial charge in [0, 0.05) is 28.9 Å². The topological polar surface area (TPSA) is 65.1 Å². The molecule has 0 unspecified atom stereocenters. The maximum atomic E-state index is 13.0. The van der Waals surface area contributed by atoms with Gasteiger partial charge in [0.05, 0.1) is 16.3 Å². The van der Waals surface area contributed by atoms with Crippen LogP contribution in [0.15, 0.2) is 121 Å². The highest BCUT2D eigenvalue weighted by Gasteiger charge is 2.18. The van der Waals surface area contributed by atoms with Crippen LogP contribution in [0.5, 0.6) is 0 Å². The predicted octanol–water partition coefficient (Wildman–Crippen LogP) is 7.92. The quantitative estimate of drug-likeness (QED) is 0.102. The summed E-state index contributed by atoms with van der Waals surface area (Å²) in [6, 6.07) is 36.4. The minimum Gasteiger partial charge on any atom is -0.309 e. The van der Waals surface area contributed by atoms with Gasteiger partial charge in [-0.1, -0.05) is 90.5 Å². The SMILES string of the molecule is Cc1ccc(-n2c(-c3ccccc3)cc(/C=C/C(=O)c3cccc([N+](=O)[O-])c3)c2-c2ccccc2)cc1. The van der Waals surface area contributed by atoms with E-state index in [1.54, 1.807) is 12.1 Å². The largest absolute Gasteiger partial charge is 0.309 e. The third-order valence-corrected chi connectivity index (χ3v) is 6.19. The minimum atomic E-state index is -0.498. The number of carbonyl (C=O) groups is 1. The molecule has 1 heterocycles. The Hall–Kier alpha value is -5.03. The van der Waals surface area contributed by atoms with E-state index >= 15 is 0 Å². The molecule has 0 atom stereocenters. The molecule has 0 N–H and O–H groups in total. The molecule has 0 saturated carbocycles. The molecule has 180 valence electrons. The van der Waals surface area contributed by atoms with E-state index in [9.17, 15) is 14.9 Å². The first kappa shape index (κ1) is 23.7. The van der Waals surface area contributed by atoms with Crippen LogP contribution < -0.4 is 0 Å². The molecule has 5 heteroatoms. The third-order valence-electron chi connectivity index (χ3n) is 6.19.